The van der Waals surface area contributed by atoms with E-state index >= 15 is 0 Å². The number of hydrogen-bond acceptors (Lipinski definition) is 6. The van der Waals surface area contributed by atoms with E-state index in [-0.39, 0.29) is 5.69 Å². The number of nitrogens with zero attached hydrogens (tertiary/aromatic N) is 1. The summed E-state index contributed by atoms with van der Waals surface area (Å²) in [4.78, 5) is 46.3. The van der Waals surface area contributed by atoms with Crippen LogP contribution in [0.3, 0.4) is 0 Å². The minimum absolute atomic E-state index is 0.111. The first-order chi connectivity index (χ1) is 13.3. The third-order valence-corrected chi connectivity index (χ3v) is 3.74. The first kappa shape index (κ1) is 20.6. The molecule has 2 unspecified atom stereocenters. The Bertz CT molecular complexity index is 867. The van der Waals surface area contributed by atoms with Crippen molar-refractivity contribution < 1.29 is 24.0 Å². The van der Waals surface area contributed by atoms with Gasteiger partial charge in [-0.25, -0.2) is 4.79 Å². The number of carbonyl (C=O) groups excluding carboxylic acids is 3. The Labute approximate surface area is 160 Å². The zero-order chi connectivity index (χ0) is 20.7. The molecule has 0 bridgehead atoms. The largest absolute Gasteiger partial charge is 0.451 e. The van der Waals surface area contributed by atoms with Gasteiger partial charge < -0.3 is 15.4 Å². The quantitative estimate of drug-likeness (QED) is 0.428. The molecule has 0 aromatic heterocycles. The van der Waals surface area contributed by atoms with E-state index in [1.165, 1.54) is 38.1 Å². The highest BCUT2D eigenvalue weighted by molar-refractivity contribution is 5.98. The molecule has 146 valence electrons. The molecule has 0 aliphatic heterocycles. The lowest BCUT2D eigenvalue weighted by Gasteiger charge is -2.17. The van der Waals surface area contributed by atoms with Crippen LogP contribution in [0.25, 0.3) is 0 Å². The van der Waals surface area contributed by atoms with Gasteiger partial charge in [-0.15, -0.1) is 0 Å². The lowest BCUT2D eigenvalue weighted by atomic mass is 10.2. The van der Waals surface area contributed by atoms with Crippen molar-refractivity contribution in [3.05, 3.63) is 70.3 Å². The van der Waals surface area contributed by atoms with Gasteiger partial charge in [0.05, 0.1) is 4.92 Å². The molecule has 0 radical (unpaired) electrons. The number of rotatable bonds is 7. The predicted octanol–water partition coefficient (Wildman–Crippen LogP) is 2.28. The van der Waals surface area contributed by atoms with E-state index < -0.39 is 34.9 Å². The smallest absolute Gasteiger partial charge is 0.329 e. The summed E-state index contributed by atoms with van der Waals surface area (Å²) in [5.41, 5.74) is 0.607. The lowest BCUT2D eigenvalue weighted by Crippen LogP contribution is -2.42. The SMILES string of the molecule is CC(NC(=O)c1ccccc1)C(=O)OC(C)C(=O)Nc1ccc([N+](=O)[O-])cc1. The number of esters is 1. The van der Waals surface area contributed by atoms with Crippen molar-refractivity contribution in [2.75, 3.05) is 5.32 Å². The van der Waals surface area contributed by atoms with Crippen LogP contribution in [0.5, 0.6) is 0 Å². The van der Waals surface area contributed by atoms with Crippen molar-refractivity contribution >= 4 is 29.2 Å². The summed E-state index contributed by atoms with van der Waals surface area (Å²) in [7, 11) is 0. The lowest BCUT2D eigenvalue weighted by molar-refractivity contribution is -0.384. The van der Waals surface area contributed by atoms with Gasteiger partial charge in [0.25, 0.3) is 17.5 Å². The Kier molecular flexibility index (Phi) is 6.80. The zero-order valence-electron chi connectivity index (χ0n) is 15.2. The maximum atomic E-state index is 12.1. The summed E-state index contributed by atoms with van der Waals surface area (Å²) >= 11 is 0. The van der Waals surface area contributed by atoms with E-state index in [0.717, 1.165) is 0 Å². The normalized spacial score (nSPS) is 12.4. The van der Waals surface area contributed by atoms with Gasteiger partial charge in [0.1, 0.15) is 6.04 Å². The van der Waals surface area contributed by atoms with E-state index in [1.54, 1.807) is 30.3 Å². The number of amides is 2. The molecule has 0 fully saturated rings. The number of nitro groups is 1. The van der Waals surface area contributed by atoms with E-state index in [4.69, 9.17) is 4.74 Å². The molecule has 2 aromatic rings. The fourth-order valence-corrected chi connectivity index (χ4v) is 2.17. The Morgan fingerprint density at radius 1 is 1.00 bits per heavy atom. The first-order valence-electron chi connectivity index (χ1n) is 8.39. The predicted molar refractivity (Wildman–Crippen MR) is 101 cm³/mol. The van der Waals surface area contributed by atoms with E-state index in [1.807, 2.05) is 0 Å². The maximum Gasteiger partial charge on any atom is 0.329 e. The fourth-order valence-electron chi connectivity index (χ4n) is 2.17. The molecule has 0 aliphatic carbocycles. The minimum atomic E-state index is -1.13. The molecule has 0 saturated carbocycles. The molecule has 2 N–H and O–H groups in total. The number of carbonyl (C=O) groups is 3. The summed E-state index contributed by atoms with van der Waals surface area (Å²) < 4.78 is 5.07. The average molecular weight is 385 g/mol. The van der Waals surface area contributed by atoms with Crippen LogP contribution >= 0.6 is 0 Å². The van der Waals surface area contributed by atoms with Crippen LogP contribution < -0.4 is 10.6 Å². The molecule has 0 heterocycles. The third kappa shape index (κ3) is 5.63. The molecule has 28 heavy (non-hydrogen) atoms. The molecule has 2 rings (SSSR count). The molecule has 2 aromatic carbocycles. The van der Waals surface area contributed by atoms with Crippen LogP contribution in [0.2, 0.25) is 0 Å². The highest BCUT2D eigenvalue weighted by Crippen LogP contribution is 2.15. The summed E-state index contributed by atoms with van der Waals surface area (Å²) in [5, 5.41) is 15.6. The summed E-state index contributed by atoms with van der Waals surface area (Å²) in [6, 6.07) is 12.6. The molecule has 2 atom stereocenters. The van der Waals surface area contributed by atoms with Crippen molar-refractivity contribution in [2.24, 2.45) is 0 Å². The van der Waals surface area contributed by atoms with Crippen LogP contribution in [0, 0.1) is 10.1 Å². The van der Waals surface area contributed by atoms with Gasteiger partial charge >= 0.3 is 5.97 Å². The number of nitrogens with one attached hydrogen (secondary N) is 2. The van der Waals surface area contributed by atoms with Crippen molar-refractivity contribution in [3.63, 3.8) is 0 Å². The van der Waals surface area contributed by atoms with Gasteiger partial charge in [-0.2, -0.15) is 0 Å². The number of non-ortho nitro benzene ring substituents is 1. The van der Waals surface area contributed by atoms with Gasteiger partial charge in [-0.3, -0.25) is 19.7 Å². The standard InChI is InChI=1S/C19H19N3O6/c1-12(20-18(24)14-6-4-3-5-7-14)19(25)28-13(2)17(23)21-15-8-10-16(11-9-15)22(26)27/h3-13H,1-2H3,(H,20,24)(H,21,23). The van der Waals surface area contributed by atoms with E-state index in [0.29, 0.717) is 11.3 Å². The van der Waals surface area contributed by atoms with E-state index in [2.05, 4.69) is 10.6 Å². The topological polar surface area (TPSA) is 128 Å². The maximum absolute atomic E-state index is 12.1. The van der Waals surface area contributed by atoms with Crippen molar-refractivity contribution in [2.45, 2.75) is 26.0 Å². The van der Waals surface area contributed by atoms with Gasteiger partial charge in [-0.1, -0.05) is 18.2 Å². The molecular formula is C19H19N3O6. The molecule has 0 aliphatic rings. The minimum Gasteiger partial charge on any atom is -0.451 e. The van der Waals surface area contributed by atoms with Crippen LogP contribution in [0.4, 0.5) is 11.4 Å². The second-order valence-electron chi connectivity index (χ2n) is 5.93. The van der Waals surface area contributed by atoms with E-state index in [9.17, 15) is 24.5 Å². The first-order valence-corrected chi connectivity index (χ1v) is 8.39. The summed E-state index contributed by atoms with van der Waals surface area (Å²) in [6.45, 7) is 2.83. The molecular weight excluding hydrogens is 366 g/mol. The molecule has 9 nitrogen and oxygen atoms in total. The van der Waals surface area contributed by atoms with Crippen molar-refractivity contribution in [1.29, 1.82) is 0 Å². The van der Waals surface area contributed by atoms with Crippen LogP contribution in [0.1, 0.15) is 24.2 Å². The number of ether oxygens (including phenoxy) is 1. The Morgan fingerprint density at radius 3 is 2.18 bits per heavy atom. The Morgan fingerprint density at radius 2 is 1.61 bits per heavy atom. The second-order valence-corrected chi connectivity index (χ2v) is 5.93. The van der Waals surface area contributed by atoms with Crippen LogP contribution in [-0.2, 0) is 14.3 Å². The van der Waals surface area contributed by atoms with Gasteiger partial charge in [0.2, 0.25) is 0 Å². The third-order valence-electron chi connectivity index (χ3n) is 3.74. The number of nitro benzene ring substituents is 1. The van der Waals surface area contributed by atoms with Gasteiger partial charge in [0.15, 0.2) is 6.10 Å². The fraction of sp³-hybridized carbons (Fsp3) is 0.211. The number of hydrogen-bond donors (Lipinski definition) is 2. The van der Waals surface area contributed by atoms with Crippen molar-refractivity contribution in [1.82, 2.24) is 5.32 Å². The highest BCUT2D eigenvalue weighted by atomic mass is 16.6. The van der Waals surface area contributed by atoms with Crippen molar-refractivity contribution in [3.8, 4) is 0 Å². The number of benzene rings is 2. The Hall–Kier alpha value is -3.75. The average Bonchev–Trinajstić information content (AvgIpc) is 2.68. The van der Waals surface area contributed by atoms with Gasteiger partial charge in [0, 0.05) is 23.4 Å². The monoisotopic (exact) mass is 385 g/mol. The van der Waals surface area contributed by atoms with Gasteiger partial charge in [-0.05, 0) is 38.1 Å². The molecule has 0 spiro atoms. The van der Waals surface area contributed by atoms with Crippen LogP contribution in [-0.4, -0.2) is 34.9 Å². The number of anilines is 1. The molecule has 0 saturated heterocycles. The highest BCUT2D eigenvalue weighted by Gasteiger charge is 2.23. The Balaban J connectivity index is 1.87. The molecule has 9 heteroatoms. The summed E-state index contributed by atoms with van der Waals surface area (Å²) in [6.07, 6.45) is -1.13. The zero-order valence-corrected chi connectivity index (χ0v) is 15.2. The molecule has 2 amide bonds. The second kappa shape index (κ2) is 9.26. The summed E-state index contributed by atoms with van der Waals surface area (Å²) in [5.74, 6) is -1.81. The van der Waals surface area contributed by atoms with Crippen LogP contribution in [0.15, 0.2) is 54.6 Å².